The van der Waals surface area contributed by atoms with Crippen LogP contribution in [0.2, 0.25) is 0 Å². The maximum absolute atomic E-state index is 13.2. The Kier molecular flexibility index (Phi) is 6.51. The normalized spacial score (nSPS) is 15.3. The summed E-state index contributed by atoms with van der Waals surface area (Å²) >= 11 is 4.76. The summed E-state index contributed by atoms with van der Waals surface area (Å²) in [6.45, 7) is 0.552. The van der Waals surface area contributed by atoms with Crippen molar-refractivity contribution in [2.45, 2.75) is 18.9 Å². The molecule has 5 rings (SSSR count). The van der Waals surface area contributed by atoms with E-state index < -0.39 is 6.04 Å². The van der Waals surface area contributed by atoms with Crippen LogP contribution in [0.25, 0.3) is 21.7 Å². The number of aromatic nitrogens is 2. The van der Waals surface area contributed by atoms with Gasteiger partial charge in [-0.15, -0.1) is 10.2 Å². The molecule has 170 valence electrons. The average molecular weight is 533 g/mol. The predicted octanol–water partition coefficient (Wildman–Crippen LogP) is 5.88. The molecule has 0 saturated carbocycles. The van der Waals surface area contributed by atoms with Gasteiger partial charge in [0.2, 0.25) is 11.0 Å². The number of hydrogen-bond acceptors (Lipinski definition) is 5. The molecule has 1 fully saturated rings. The quantitative estimate of drug-likeness (QED) is 0.348. The lowest BCUT2D eigenvalue weighted by Gasteiger charge is -2.23. The maximum Gasteiger partial charge on any atom is 0.254 e. The Morgan fingerprint density at radius 2 is 1.65 bits per heavy atom. The zero-order valence-corrected chi connectivity index (χ0v) is 20.6. The van der Waals surface area contributed by atoms with Crippen molar-refractivity contribution in [1.82, 2.24) is 15.1 Å². The minimum atomic E-state index is -0.528. The van der Waals surface area contributed by atoms with E-state index in [9.17, 15) is 9.59 Å². The van der Waals surface area contributed by atoms with Crippen LogP contribution in [-0.4, -0.2) is 39.5 Å². The van der Waals surface area contributed by atoms with Crippen molar-refractivity contribution in [2.75, 3.05) is 11.9 Å². The van der Waals surface area contributed by atoms with E-state index in [2.05, 4.69) is 31.4 Å². The second kappa shape index (κ2) is 9.87. The Morgan fingerprint density at radius 3 is 2.41 bits per heavy atom. The van der Waals surface area contributed by atoms with Gasteiger partial charge in [-0.05, 0) is 48.2 Å². The second-order valence-corrected chi connectivity index (χ2v) is 9.91. The van der Waals surface area contributed by atoms with Gasteiger partial charge in [-0.2, -0.15) is 0 Å². The topological polar surface area (TPSA) is 75.2 Å². The van der Waals surface area contributed by atoms with Gasteiger partial charge in [0.05, 0.1) is 0 Å². The van der Waals surface area contributed by atoms with Crippen LogP contribution in [0.4, 0.5) is 5.13 Å². The second-order valence-electron chi connectivity index (χ2n) is 8.01. The Bertz CT molecular complexity index is 1320. The molecule has 4 aromatic rings. The van der Waals surface area contributed by atoms with Crippen molar-refractivity contribution < 1.29 is 9.59 Å². The number of nitrogens with one attached hydrogen (secondary N) is 1. The van der Waals surface area contributed by atoms with E-state index in [1.807, 2.05) is 78.9 Å². The highest BCUT2D eigenvalue weighted by atomic mass is 79.9. The molecule has 0 radical (unpaired) electrons. The van der Waals surface area contributed by atoms with Crippen molar-refractivity contribution in [3.05, 3.63) is 88.9 Å². The molecule has 1 saturated heterocycles. The van der Waals surface area contributed by atoms with E-state index >= 15 is 0 Å². The van der Waals surface area contributed by atoms with Gasteiger partial charge in [0, 0.05) is 22.1 Å². The summed E-state index contributed by atoms with van der Waals surface area (Å²) in [6, 6.07) is 24.8. The number of nitrogens with zero attached hydrogens (tertiary/aromatic N) is 3. The number of likely N-dealkylation sites (tertiary alicyclic amines) is 1. The first-order valence-electron chi connectivity index (χ1n) is 11.0. The lowest BCUT2D eigenvalue weighted by molar-refractivity contribution is -0.119. The Balaban J connectivity index is 1.27. The van der Waals surface area contributed by atoms with Crippen LogP contribution in [0.15, 0.2) is 83.3 Å². The maximum atomic E-state index is 13.2. The number of benzene rings is 3. The highest BCUT2D eigenvalue weighted by Crippen LogP contribution is 2.29. The lowest BCUT2D eigenvalue weighted by Crippen LogP contribution is -2.43. The first-order valence-corrected chi connectivity index (χ1v) is 12.6. The van der Waals surface area contributed by atoms with Crippen LogP contribution in [0.1, 0.15) is 23.2 Å². The van der Waals surface area contributed by atoms with Gasteiger partial charge in [-0.25, -0.2) is 0 Å². The minimum Gasteiger partial charge on any atom is -0.327 e. The third-order valence-electron chi connectivity index (χ3n) is 5.78. The molecule has 1 aromatic heterocycles. The van der Waals surface area contributed by atoms with Crippen LogP contribution in [0, 0.1) is 0 Å². The van der Waals surface area contributed by atoms with Gasteiger partial charge < -0.3 is 4.90 Å². The molecular weight excluding hydrogens is 512 g/mol. The smallest absolute Gasteiger partial charge is 0.254 e. The molecule has 1 N–H and O–H groups in total. The van der Waals surface area contributed by atoms with Crippen LogP contribution in [0.5, 0.6) is 0 Å². The van der Waals surface area contributed by atoms with Crippen molar-refractivity contribution in [2.24, 2.45) is 0 Å². The predicted molar refractivity (Wildman–Crippen MR) is 138 cm³/mol. The van der Waals surface area contributed by atoms with Gasteiger partial charge in [-0.3, -0.25) is 14.9 Å². The summed E-state index contributed by atoms with van der Waals surface area (Å²) in [5, 5.41) is 12.3. The highest BCUT2D eigenvalue weighted by molar-refractivity contribution is 9.10. The largest absolute Gasteiger partial charge is 0.327 e. The third kappa shape index (κ3) is 4.78. The molecule has 8 heteroatoms. The molecule has 2 heterocycles. The fourth-order valence-electron chi connectivity index (χ4n) is 4.08. The number of halogens is 1. The zero-order valence-electron chi connectivity index (χ0n) is 18.1. The first kappa shape index (κ1) is 22.4. The summed E-state index contributed by atoms with van der Waals surface area (Å²) in [7, 11) is 0. The van der Waals surface area contributed by atoms with Crippen LogP contribution in [0.3, 0.4) is 0 Å². The molecule has 0 spiro atoms. The highest BCUT2D eigenvalue weighted by Gasteiger charge is 2.35. The number of amides is 2. The van der Waals surface area contributed by atoms with E-state index in [0.29, 0.717) is 23.7 Å². The van der Waals surface area contributed by atoms with E-state index in [1.54, 1.807) is 4.90 Å². The van der Waals surface area contributed by atoms with Crippen LogP contribution in [-0.2, 0) is 4.79 Å². The monoisotopic (exact) mass is 532 g/mol. The molecule has 3 aromatic carbocycles. The van der Waals surface area contributed by atoms with Gasteiger partial charge >= 0.3 is 0 Å². The summed E-state index contributed by atoms with van der Waals surface area (Å²) in [5.41, 5.74) is 3.64. The molecule has 6 nitrogen and oxygen atoms in total. The molecule has 1 aliphatic heterocycles. The molecule has 1 unspecified atom stereocenters. The molecular formula is C26H21BrN4O2S. The standard InChI is InChI=1S/C26H21BrN4O2S/c27-21-9-4-8-20(16-21)24-29-30-26(34-24)28-23(32)22-10-5-15-31(22)25(33)19-13-11-18(12-14-19)17-6-2-1-3-7-17/h1-4,6-9,11-14,16,22H,5,10,15H2,(H,28,30,32). The van der Waals surface area contributed by atoms with E-state index in [0.717, 1.165) is 32.6 Å². The van der Waals surface area contributed by atoms with Gasteiger partial charge in [0.25, 0.3) is 5.91 Å². The third-order valence-corrected chi connectivity index (χ3v) is 7.16. The number of hydrogen-bond donors (Lipinski definition) is 1. The summed E-state index contributed by atoms with van der Waals surface area (Å²) in [6.07, 6.45) is 1.41. The van der Waals surface area contributed by atoms with Gasteiger partial charge in [0.15, 0.2) is 0 Å². The number of rotatable bonds is 5. The number of carbonyl (C=O) groups is 2. The molecule has 34 heavy (non-hydrogen) atoms. The lowest BCUT2D eigenvalue weighted by atomic mass is 10.0. The molecule has 1 aliphatic rings. The first-order chi connectivity index (χ1) is 16.6. The average Bonchev–Trinajstić information content (AvgIpc) is 3.54. The van der Waals surface area contributed by atoms with Crippen LogP contribution < -0.4 is 5.32 Å². The summed E-state index contributed by atoms with van der Waals surface area (Å²) < 4.78 is 0.947. The molecule has 2 amide bonds. The van der Waals surface area contributed by atoms with Gasteiger partial charge in [0.1, 0.15) is 11.0 Å². The van der Waals surface area contributed by atoms with Gasteiger partial charge in [-0.1, -0.05) is 81.9 Å². The summed E-state index contributed by atoms with van der Waals surface area (Å²) in [5.74, 6) is -0.368. The molecule has 1 atom stereocenters. The Morgan fingerprint density at radius 1 is 0.912 bits per heavy atom. The SMILES string of the molecule is O=C(Nc1nnc(-c2cccc(Br)c2)s1)C1CCCN1C(=O)c1ccc(-c2ccccc2)cc1. The van der Waals surface area contributed by atoms with Crippen molar-refractivity contribution >= 4 is 44.2 Å². The van der Waals surface area contributed by atoms with Crippen LogP contribution >= 0.6 is 27.3 Å². The fourth-order valence-corrected chi connectivity index (χ4v) is 5.23. The van der Waals surface area contributed by atoms with E-state index in [1.165, 1.54) is 11.3 Å². The molecule has 0 bridgehead atoms. The summed E-state index contributed by atoms with van der Waals surface area (Å²) in [4.78, 5) is 27.9. The van der Waals surface area contributed by atoms with E-state index in [-0.39, 0.29) is 11.8 Å². The van der Waals surface area contributed by atoms with Crippen molar-refractivity contribution in [3.63, 3.8) is 0 Å². The number of anilines is 1. The molecule has 0 aliphatic carbocycles. The fraction of sp³-hybridized carbons (Fsp3) is 0.154. The Labute approximate surface area is 209 Å². The van der Waals surface area contributed by atoms with Crippen molar-refractivity contribution in [1.29, 1.82) is 0 Å². The number of carbonyl (C=O) groups excluding carboxylic acids is 2. The van der Waals surface area contributed by atoms with Crippen molar-refractivity contribution in [3.8, 4) is 21.7 Å². The Hall–Kier alpha value is -3.36. The zero-order chi connectivity index (χ0) is 23.5. The van der Waals surface area contributed by atoms with E-state index in [4.69, 9.17) is 0 Å². The minimum absolute atomic E-state index is 0.135.